The van der Waals surface area contributed by atoms with Crippen LogP contribution in [0.5, 0.6) is 0 Å². The zero-order chi connectivity index (χ0) is 18.3. The van der Waals surface area contributed by atoms with Gasteiger partial charge in [0.1, 0.15) is 0 Å². The SMILES string of the molecule is C=CC(=O)OC.C=CC(=O)OC.O=C(O)C(O)C(O)C(=O)O.[H-].[H-].[K+].[K+]. The van der Waals surface area contributed by atoms with Crippen LogP contribution in [0, 0.1) is 0 Å². The number of carboxylic acids is 2. The summed E-state index contributed by atoms with van der Waals surface area (Å²) in [5.74, 6) is -4.32. The number of aliphatic hydroxyl groups excluding tert-OH is 2. The van der Waals surface area contributed by atoms with Crippen molar-refractivity contribution in [1.82, 2.24) is 0 Å². The summed E-state index contributed by atoms with van der Waals surface area (Å²) in [5.41, 5.74) is 0. The number of aliphatic carboxylic acids is 2. The number of hydrogen-bond acceptors (Lipinski definition) is 8. The first-order chi connectivity index (χ1) is 10.1. The molecule has 0 fully saturated rings. The van der Waals surface area contributed by atoms with Crippen LogP contribution < -0.4 is 103 Å². The molecule has 0 saturated heterocycles. The molecule has 0 heterocycles. The van der Waals surface area contributed by atoms with Gasteiger partial charge in [-0.2, -0.15) is 0 Å². The third kappa shape index (κ3) is 24.8. The minimum Gasteiger partial charge on any atom is -1.00 e. The Balaban J connectivity index is -0.0000000404. The molecule has 2 unspecified atom stereocenters. The quantitative estimate of drug-likeness (QED) is 0.197. The van der Waals surface area contributed by atoms with Crippen molar-refractivity contribution >= 4 is 23.9 Å². The Kier molecular flexibility index (Phi) is 35.0. The molecule has 0 aliphatic heterocycles. The van der Waals surface area contributed by atoms with Crippen LogP contribution in [0.3, 0.4) is 0 Å². The van der Waals surface area contributed by atoms with Crippen molar-refractivity contribution in [3.63, 3.8) is 0 Å². The summed E-state index contributed by atoms with van der Waals surface area (Å²) in [6.45, 7) is 6.31. The standard InChI is InChI=1S/C4H6O6.2C4H6O2.2K.2H/c5-1(3(7)8)2(6)4(9)10;2*1-3-4(5)6-2;;;;/h1-2,5-6H,(H,7,8)(H,9,10);2*3H,1H2,2H3;;;;/q;;;2*+1;2*-1. The molecule has 0 amide bonds. The van der Waals surface area contributed by atoms with Crippen LogP contribution in [0.15, 0.2) is 25.3 Å². The Morgan fingerprint density at radius 3 is 1.08 bits per heavy atom. The molecular weight excluding hydrogens is 382 g/mol. The second kappa shape index (κ2) is 23.6. The predicted molar refractivity (Wildman–Crippen MR) is 73.9 cm³/mol. The molecule has 0 radical (unpaired) electrons. The van der Waals surface area contributed by atoms with E-state index in [1.807, 2.05) is 0 Å². The molecule has 0 aromatic carbocycles. The number of methoxy groups -OCH3 is 2. The number of ether oxygens (including phenoxy) is 2. The molecule has 2 atom stereocenters. The average molecular weight is 402 g/mol. The molecule has 0 spiro atoms. The van der Waals surface area contributed by atoms with E-state index < -0.39 is 36.1 Å². The van der Waals surface area contributed by atoms with Crippen molar-refractivity contribution in [2.45, 2.75) is 12.2 Å². The van der Waals surface area contributed by atoms with Gasteiger partial charge in [-0.05, 0) is 0 Å². The van der Waals surface area contributed by atoms with Crippen molar-refractivity contribution in [2.24, 2.45) is 0 Å². The maximum Gasteiger partial charge on any atom is 1.00 e. The van der Waals surface area contributed by atoms with E-state index in [1.54, 1.807) is 0 Å². The fourth-order valence-electron chi connectivity index (χ4n) is 0.437. The van der Waals surface area contributed by atoms with E-state index in [0.717, 1.165) is 12.2 Å². The van der Waals surface area contributed by atoms with E-state index in [-0.39, 0.29) is 106 Å². The minimum absolute atomic E-state index is 0. The number of aliphatic hydroxyl groups is 2. The molecule has 12 heteroatoms. The first-order valence-corrected chi connectivity index (χ1v) is 5.31. The van der Waals surface area contributed by atoms with Gasteiger partial charge in [0.25, 0.3) is 0 Å². The van der Waals surface area contributed by atoms with Crippen LogP contribution in [0.4, 0.5) is 0 Å². The van der Waals surface area contributed by atoms with Gasteiger partial charge in [-0.25, -0.2) is 19.2 Å². The number of esters is 2. The molecule has 0 aromatic heterocycles. The molecular formula is C12H20K2O10. The van der Waals surface area contributed by atoms with E-state index in [1.165, 1.54) is 14.2 Å². The van der Waals surface area contributed by atoms with Gasteiger partial charge < -0.3 is 32.8 Å². The molecule has 10 nitrogen and oxygen atoms in total. The van der Waals surface area contributed by atoms with Crippen LogP contribution >= 0.6 is 0 Å². The summed E-state index contributed by atoms with van der Waals surface area (Å²) < 4.78 is 8.28. The van der Waals surface area contributed by atoms with Crippen molar-refractivity contribution in [3.8, 4) is 0 Å². The molecule has 0 bridgehead atoms. The summed E-state index contributed by atoms with van der Waals surface area (Å²) in [6.07, 6.45) is -2.31. The second-order valence-corrected chi connectivity index (χ2v) is 3.02. The Bertz CT molecular complexity index is 383. The third-order valence-electron chi connectivity index (χ3n) is 1.54. The Morgan fingerprint density at radius 1 is 0.833 bits per heavy atom. The molecule has 0 saturated carbocycles. The zero-order valence-electron chi connectivity index (χ0n) is 16.0. The smallest absolute Gasteiger partial charge is 1.00 e. The maximum absolute atomic E-state index is 9.84. The van der Waals surface area contributed by atoms with Gasteiger partial charge in [-0.15, -0.1) is 0 Å². The van der Waals surface area contributed by atoms with Gasteiger partial charge in [-0.1, -0.05) is 13.2 Å². The Morgan fingerprint density at radius 2 is 1.04 bits per heavy atom. The van der Waals surface area contributed by atoms with Crippen LogP contribution in [-0.2, 0) is 28.7 Å². The van der Waals surface area contributed by atoms with Crippen LogP contribution in [0.1, 0.15) is 2.85 Å². The van der Waals surface area contributed by atoms with Crippen molar-refractivity contribution in [2.75, 3.05) is 14.2 Å². The first kappa shape index (κ1) is 35.6. The van der Waals surface area contributed by atoms with E-state index in [4.69, 9.17) is 20.4 Å². The normalized spacial score (nSPS) is 10.0. The summed E-state index contributed by atoms with van der Waals surface area (Å²) in [4.78, 5) is 39.2. The van der Waals surface area contributed by atoms with Gasteiger partial charge in [-0.3, -0.25) is 0 Å². The molecule has 130 valence electrons. The van der Waals surface area contributed by atoms with Gasteiger partial charge in [0.15, 0.2) is 12.2 Å². The monoisotopic (exact) mass is 402 g/mol. The number of carbonyl (C=O) groups is 4. The number of hydrogen-bond donors (Lipinski definition) is 4. The molecule has 24 heavy (non-hydrogen) atoms. The van der Waals surface area contributed by atoms with Crippen molar-refractivity contribution in [1.29, 1.82) is 0 Å². The van der Waals surface area contributed by atoms with Gasteiger partial charge in [0, 0.05) is 12.2 Å². The van der Waals surface area contributed by atoms with E-state index >= 15 is 0 Å². The molecule has 0 aromatic rings. The molecule has 0 aliphatic rings. The van der Waals surface area contributed by atoms with E-state index in [2.05, 4.69) is 22.6 Å². The predicted octanol–water partition coefficient (Wildman–Crippen LogP) is -7.20. The minimum atomic E-state index is -2.27. The fraction of sp³-hybridized carbons (Fsp3) is 0.333. The Hall–Kier alpha value is 0.553. The average Bonchev–Trinajstić information content (AvgIpc) is 2.52. The molecule has 0 aliphatic carbocycles. The first-order valence-electron chi connectivity index (χ1n) is 5.31. The number of rotatable bonds is 5. The topological polar surface area (TPSA) is 168 Å². The van der Waals surface area contributed by atoms with Gasteiger partial charge >= 0.3 is 127 Å². The van der Waals surface area contributed by atoms with Crippen LogP contribution in [0.25, 0.3) is 0 Å². The summed E-state index contributed by atoms with van der Waals surface area (Å²) >= 11 is 0. The van der Waals surface area contributed by atoms with Crippen LogP contribution in [0.2, 0.25) is 0 Å². The number of carbonyl (C=O) groups excluding carboxylic acids is 2. The van der Waals surface area contributed by atoms with Crippen LogP contribution in [-0.4, -0.2) is 70.7 Å². The Labute approximate surface area is 226 Å². The van der Waals surface area contributed by atoms with Gasteiger partial charge in [0.05, 0.1) is 14.2 Å². The summed E-state index contributed by atoms with van der Waals surface area (Å²) in [5, 5.41) is 32.5. The third-order valence-corrected chi connectivity index (χ3v) is 1.54. The maximum atomic E-state index is 9.84. The zero-order valence-corrected chi connectivity index (χ0v) is 20.2. The number of carboxylic acid groups (broad SMARTS) is 2. The fourth-order valence-corrected chi connectivity index (χ4v) is 0.437. The second-order valence-electron chi connectivity index (χ2n) is 3.02. The largest absolute Gasteiger partial charge is 1.00 e. The summed E-state index contributed by atoms with van der Waals surface area (Å²) in [6, 6.07) is 0. The van der Waals surface area contributed by atoms with Crippen molar-refractivity contribution in [3.05, 3.63) is 25.3 Å². The van der Waals surface area contributed by atoms with Crippen molar-refractivity contribution < 1.29 is 155 Å². The molecule has 0 rings (SSSR count). The van der Waals surface area contributed by atoms with E-state index in [0.29, 0.717) is 0 Å². The summed E-state index contributed by atoms with van der Waals surface area (Å²) in [7, 11) is 2.62. The van der Waals surface area contributed by atoms with Gasteiger partial charge in [0.2, 0.25) is 0 Å². The van der Waals surface area contributed by atoms with E-state index in [9.17, 15) is 19.2 Å². The molecule has 4 N–H and O–H groups in total.